The van der Waals surface area contributed by atoms with Crippen LogP contribution in [0.3, 0.4) is 0 Å². The number of carbonyl (C=O) groups excluding carboxylic acids is 1. The minimum Gasteiger partial charge on any atom is -0.334 e. The Kier molecular flexibility index (Phi) is 6.92. The number of likely N-dealkylation sites (tertiary alicyclic amines) is 1. The molecule has 156 valence electrons. The van der Waals surface area contributed by atoms with E-state index >= 15 is 0 Å². The Bertz CT molecular complexity index is 917. The van der Waals surface area contributed by atoms with Crippen LogP contribution in [-0.2, 0) is 22.9 Å². The number of amides is 2. The van der Waals surface area contributed by atoms with E-state index in [-0.39, 0.29) is 11.3 Å². The molecule has 0 aliphatic carbocycles. The number of sulfone groups is 1. The number of hydrogen-bond donors (Lipinski definition) is 2. The molecular formula is C22H29N3O3S. The van der Waals surface area contributed by atoms with Crippen LogP contribution in [0.2, 0.25) is 0 Å². The summed E-state index contributed by atoms with van der Waals surface area (Å²) in [4.78, 5) is 14.4. The number of nitrogens with zero attached hydrogens (tertiary/aromatic N) is 1. The van der Waals surface area contributed by atoms with Crippen LogP contribution < -0.4 is 10.6 Å². The lowest BCUT2D eigenvalue weighted by atomic mass is 10.1. The van der Waals surface area contributed by atoms with Crippen LogP contribution in [-0.4, -0.2) is 43.9 Å². The van der Waals surface area contributed by atoms with Crippen LogP contribution in [0.25, 0.3) is 0 Å². The first-order chi connectivity index (χ1) is 13.8. The fraction of sp³-hybridized carbons (Fsp3) is 0.409. The number of anilines is 1. The highest BCUT2D eigenvalue weighted by Gasteiger charge is 2.26. The maximum absolute atomic E-state index is 12.1. The Balaban J connectivity index is 1.44. The second-order valence-electron chi connectivity index (χ2n) is 7.80. The third-order valence-electron chi connectivity index (χ3n) is 5.33. The predicted molar refractivity (Wildman–Crippen MR) is 117 cm³/mol. The molecule has 0 atom stereocenters. The van der Waals surface area contributed by atoms with Gasteiger partial charge in [0.15, 0.2) is 0 Å². The molecule has 0 aromatic heterocycles. The van der Waals surface area contributed by atoms with Gasteiger partial charge in [0.1, 0.15) is 9.84 Å². The molecule has 2 aromatic rings. The molecule has 0 spiro atoms. The molecule has 0 bridgehead atoms. The van der Waals surface area contributed by atoms with Crippen molar-refractivity contribution < 1.29 is 13.2 Å². The average Bonchev–Trinajstić information content (AvgIpc) is 2.69. The van der Waals surface area contributed by atoms with E-state index in [1.807, 2.05) is 55.5 Å². The molecule has 29 heavy (non-hydrogen) atoms. The van der Waals surface area contributed by atoms with Crippen molar-refractivity contribution in [1.82, 2.24) is 10.2 Å². The molecule has 1 fully saturated rings. The summed E-state index contributed by atoms with van der Waals surface area (Å²) in [6.45, 7) is 4.88. The van der Waals surface area contributed by atoms with Gasteiger partial charge in [-0.25, -0.2) is 13.2 Å². The van der Waals surface area contributed by atoms with Gasteiger partial charge in [0.25, 0.3) is 0 Å². The van der Waals surface area contributed by atoms with Gasteiger partial charge in [-0.2, -0.15) is 0 Å². The molecule has 0 radical (unpaired) electrons. The Hall–Kier alpha value is -2.38. The fourth-order valence-corrected chi connectivity index (χ4v) is 4.58. The first kappa shape index (κ1) is 21.3. The molecule has 0 unspecified atom stereocenters. The largest absolute Gasteiger partial charge is 0.334 e. The third-order valence-corrected chi connectivity index (χ3v) is 7.01. The number of nitrogens with one attached hydrogen (secondary N) is 2. The molecule has 1 aliphatic heterocycles. The molecule has 7 heteroatoms. The minimum absolute atomic E-state index is 0.205. The molecule has 2 aromatic carbocycles. The molecule has 0 saturated carbocycles. The quantitative estimate of drug-likeness (QED) is 0.759. The maximum atomic E-state index is 12.1. The number of carbonyl (C=O) groups is 1. The van der Waals surface area contributed by atoms with Gasteiger partial charge in [-0.1, -0.05) is 42.0 Å². The second-order valence-corrected chi connectivity index (χ2v) is 10.1. The van der Waals surface area contributed by atoms with E-state index in [2.05, 4.69) is 15.5 Å². The molecule has 2 N–H and O–H groups in total. The standard InChI is InChI=1S/C22H29N3O3S/c1-17-3-5-18(6-4-17)15-23-22(26)24-20-9-7-19(8-10-20)16-25-13-11-21(12-14-25)29(2,27)28/h3-10,21H,11-16H2,1-2H3,(H2,23,24,26). The SMILES string of the molecule is Cc1ccc(CNC(=O)Nc2ccc(CN3CCC(S(C)(=O)=O)CC3)cc2)cc1. The van der Waals surface area contributed by atoms with Crippen molar-refractivity contribution >= 4 is 21.6 Å². The van der Waals surface area contributed by atoms with Crippen molar-refractivity contribution in [3.05, 3.63) is 65.2 Å². The van der Waals surface area contributed by atoms with E-state index in [0.29, 0.717) is 19.4 Å². The van der Waals surface area contributed by atoms with E-state index in [4.69, 9.17) is 0 Å². The van der Waals surface area contributed by atoms with Gasteiger partial charge >= 0.3 is 6.03 Å². The molecule has 1 saturated heterocycles. The van der Waals surface area contributed by atoms with Gasteiger partial charge in [0.05, 0.1) is 5.25 Å². The topological polar surface area (TPSA) is 78.5 Å². The summed E-state index contributed by atoms with van der Waals surface area (Å²) >= 11 is 0. The fourth-order valence-electron chi connectivity index (χ4n) is 3.51. The summed E-state index contributed by atoms with van der Waals surface area (Å²) in [6, 6.07) is 15.6. The molecule has 3 rings (SSSR count). The van der Waals surface area contributed by atoms with Gasteiger partial charge in [-0.3, -0.25) is 4.90 Å². The average molecular weight is 416 g/mol. The van der Waals surface area contributed by atoms with Crippen molar-refractivity contribution in [2.45, 2.75) is 38.1 Å². The van der Waals surface area contributed by atoms with E-state index < -0.39 is 9.84 Å². The Morgan fingerprint density at radius 1 is 1.00 bits per heavy atom. The number of rotatable bonds is 6. The lowest BCUT2D eigenvalue weighted by Gasteiger charge is -2.31. The molecule has 6 nitrogen and oxygen atoms in total. The van der Waals surface area contributed by atoms with Gasteiger partial charge in [0.2, 0.25) is 0 Å². The number of piperidine rings is 1. The summed E-state index contributed by atoms with van der Waals surface area (Å²) in [7, 11) is -2.94. The summed E-state index contributed by atoms with van der Waals surface area (Å²) in [6.07, 6.45) is 2.72. The van der Waals surface area contributed by atoms with Gasteiger partial charge in [-0.05, 0) is 56.1 Å². The molecule has 1 aliphatic rings. The third kappa shape index (κ3) is 6.58. The van der Waals surface area contributed by atoms with Crippen LogP contribution >= 0.6 is 0 Å². The van der Waals surface area contributed by atoms with Crippen LogP contribution in [0.5, 0.6) is 0 Å². The van der Waals surface area contributed by atoms with E-state index in [1.54, 1.807) is 0 Å². The number of aryl methyl sites for hydroxylation is 1. The zero-order chi connectivity index (χ0) is 20.9. The highest BCUT2D eigenvalue weighted by atomic mass is 32.2. The van der Waals surface area contributed by atoms with Crippen LogP contribution in [0.15, 0.2) is 48.5 Å². The number of benzene rings is 2. The normalized spacial score (nSPS) is 15.8. The van der Waals surface area contributed by atoms with Crippen molar-refractivity contribution in [2.75, 3.05) is 24.7 Å². The van der Waals surface area contributed by atoms with Crippen LogP contribution in [0.4, 0.5) is 10.5 Å². The zero-order valence-corrected chi connectivity index (χ0v) is 17.8. The summed E-state index contributed by atoms with van der Waals surface area (Å²) in [5.74, 6) is 0. The maximum Gasteiger partial charge on any atom is 0.319 e. The predicted octanol–water partition coefficient (Wildman–Crippen LogP) is 3.33. The smallest absolute Gasteiger partial charge is 0.319 e. The van der Waals surface area contributed by atoms with E-state index in [9.17, 15) is 13.2 Å². The Morgan fingerprint density at radius 2 is 1.59 bits per heavy atom. The monoisotopic (exact) mass is 415 g/mol. The molecular weight excluding hydrogens is 386 g/mol. The van der Waals surface area contributed by atoms with Crippen molar-refractivity contribution in [3.63, 3.8) is 0 Å². The van der Waals surface area contributed by atoms with Crippen molar-refractivity contribution in [1.29, 1.82) is 0 Å². The zero-order valence-electron chi connectivity index (χ0n) is 17.0. The number of hydrogen-bond acceptors (Lipinski definition) is 4. The highest BCUT2D eigenvalue weighted by Crippen LogP contribution is 2.19. The summed E-state index contributed by atoms with van der Waals surface area (Å²) in [5.41, 5.74) is 4.14. The highest BCUT2D eigenvalue weighted by molar-refractivity contribution is 7.91. The molecule has 2 amide bonds. The molecule has 1 heterocycles. The lowest BCUT2D eigenvalue weighted by molar-refractivity contribution is 0.222. The van der Waals surface area contributed by atoms with Gasteiger partial charge in [-0.15, -0.1) is 0 Å². The van der Waals surface area contributed by atoms with Crippen molar-refractivity contribution in [3.8, 4) is 0 Å². The van der Waals surface area contributed by atoms with E-state index in [1.165, 1.54) is 11.8 Å². The first-order valence-corrected chi connectivity index (χ1v) is 11.9. The van der Waals surface area contributed by atoms with Crippen molar-refractivity contribution in [2.24, 2.45) is 0 Å². The number of urea groups is 1. The second kappa shape index (κ2) is 9.41. The van der Waals surface area contributed by atoms with Gasteiger partial charge in [0, 0.05) is 25.0 Å². The summed E-state index contributed by atoms with van der Waals surface area (Å²) < 4.78 is 23.3. The van der Waals surface area contributed by atoms with Gasteiger partial charge < -0.3 is 10.6 Å². The Morgan fingerprint density at radius 3 is 2.17 bits per heavy atom. The van der Waals surface area contributed by atoms with Crippen LogP contribution in [0, 0.1) is 6.92 Å². The van der Waals surface area contributed by atoms with E-state index in [0.717, 1.165) is 36.4 Å². The first-order valence-electron chi connectivity index (χ1n) is 9.90. The lowest BCUT2D eigenvalue weighted by Crippen LogP contribution is -2.38. The van der Waals surface area contributed by atoms with Crippen LogP contribution in [0.1, 0.15) is 29.5 Å². The minimum atomic E-state index is -2.94. The summed E-state index contributed by atoms with van der Waals surface area (Å²) in [5, 5.41) is 5.50. The Labute approximate surface area is 173 Å².